The van der Waals surface area contributed by atoms with E-state index in [1.807, 2.05) is 6.07 Å². The molecule has 0 bridgehead atoms. The number of nitrogens with one attached hydrogen (secondary N) is 1. The summed E-state index contributed by atoms with van der Waals surface area (Å²) in [6.07, 6.45) is 3.36. The predicted molar refractivity (Wildman–Crippen MR) is 78.6 cm³/mol. The molecule has 0 unspecified atom stereocenters. The number of benzene rings is 1. The number of aromatic nitrogens is 3. The van der Waals surface area contributed by atoms with Crippen molar-refractivity contribution >= 4 is 23.5 Å². The summed E-state index contributed by atoms with van der Waals surface area (Å²) in [6, 6.07) is 5.22. The fraction of sp³-hybridized carbons (Fsp3) is 0.214. The van der Waals surface area contributed by atoms with Crippen molar-refractivity contribution in [1.82, 2.24) is 14.8 Å². The lowest BCUT2D eigenvalue weighted by atomic mass is 10.0. The number of halogens is 1. The van der Waals surface area contributed by atoms with E-state index in [4.69, 9.17) is 16.3 Å². The molecule has 1 aromatic carbocycles. The quantitative estimate of drug-likeness (QED) is 0.881. The lowest BCUT2D eigenvalue weighted by Gasteiger charge is -2.24. The lowest BCUT2D eigenvalue weighted by molar-refractivity contribution is -0.117. The molecule has 2 heterocycles. The van der Waals surface area contributed by atoms with Crippen molar-refractivity contribution < 1.29 is 9.53 Å². The third-order valence-electron chi connectivity index (χ3n) is 3.20. The number of anilines is 1. The van der Waals surface area contributed by atoms with E-state index >= 15 is 0 Å². The van der Waals surface area contributed by atoms with Crippen LogP contribution >= 0.6 is 11.6 Å². The number of carbonyl (C=O) groups is 1. The fourth-order valence-corrected chi connectivity index (χ4v) is 2.50. The minimum atomic E-state index is -0.220. The Bertz CT molecular complexity index is 698. The summed E-state index contributed by atoms with van der Waals surface area (Å²) in [6.45, 7) is 3.98. The molecule has 21 heavy (non-hydrogen) atoms. The first kappa shape index (κ1) is 13.6. The van der Waals surface area contributed by atoms with Gasteiger partial charge in [-0.2, -0.15) is 10.1 Å². The van der Waals surface area contributed by atoms with Crippen LogP contribution in [0.25, 0.3) is 0 Å². The number of hydrogen-bond acceptors (Lipinski definition) is 4. The van der Waals surface area contributed by atoms with E-state index in [9.17, 15) is 4.79 Å². The van der Waals surface area contributed by atoms with Crippen LogP contribution in [0.4, 0.5) is 5.95 Å². The van der Waals surface area contributed by atoms with Gasteiger partial charge in [0.15, 0.2) is 0 Å². The molecule has 3 rings (SSSR count). The first-order valence-corrected chi connectivity index (χ1v) is 6.79. The van der Waals surface area contributed by atoms with Crippen LogP contribution in [0, 0.1) is 0 Å². The average Bonchev–Trinajstić information content (AvgIpc) is 2.93. The van der Waals surface area contributed by atoms with E-state index in [0.717, 1.165) is 5.56 Å². The summed E-state index contributed by atoms with van der Waals surface area (Å²) in [5.74, 6) is 0.933. The second kappa shape index (κ2) is 5.57. The molecule has 0 spiro atoms. The third-order valence-corrected chi connectivity index (χ3v) is 3.49. The molecule has 0 fully saturated rings. The van der Waals surface area contributed by atoms with E-state index in [0.29, 0.717) is 29.7 Å². The van der Waals surface area contributed by atoms with Crippen LogP contribution in [-0.4, -0.2) is 27.3 Å². The van der Waals surface area contributed by atoms with Crippen molar-refractivity contribution in [2.24, 2.45) is 0 Å². The van der Waals surface area contributed by atoms with Crippen molar-refractivity contribution in [2.45, 2.75) is 12.5 Å². The summed E-state index contributed by atoms with van der Waals surface area (Å²) in [7, 11) is 0. The highest BCUT2D eigenvalue weighted by Gasteiger charge is 2.28. The highest BCUT2D eigenvalue weighted by atomic mass is 35.5. The minimum absolute atomic E-state index is 0.0939. The lowest BCUT2D eigenvalue weighted by Crippen LogP contribution is -2.29. The van der Waals surface area contributed by atoms with Gasteiger partial charge in [-0.25, -0.2) is 4.68 Å². The third kappa shape index (κ3) is 2.62. The maximum atomic E-state index is 11.7. The monoisotopic (exact) mass is 304 g/mol. The van der Waals surface area contributed by atoms with Gasteiger partial charge in [0.2, 0.25) is 11.9 Å². The van der Waals surface area contributed by atoms with Gasteiger partial charge in [-0.05, 0) is 17.7 Å². The molecule has 0 radical (unpaired) electrons. The molecule has 0 saturated carbocycles. The minimum Gasteiger partial charge on any atom is -0.488 e. The van der Waals surface area contributed by atoms with E-state index in [2.05, 4.69) is 22.0 Å². The largest absolute Gasteiger partial charge is 0.488 e. The SMILES string of the molecule is C=CCOc1ccc([C@H]2CC(=O)Nc3ncnn32)cc1Cl. The number of amides is 1. The van der Waals surface area contributed by atoms with Crippen molar-refractivity contribution in [3.05, 3.63) is 47.8 Å². The highest BCUT2D eigenvalue weighted by Crippen LogP contribution is 2.33. The van der Waals surface area contributed by atoms with Crippen LogP contribution in [0.2, 0.25) is 5.02 Å². The number of carbonyl (C=O) groups excluding carboxylic acids is 1. The van der Waals surface area contributed by atoms with E-state index in [-0.39, 0.29) is 11.9 Å². The summed E-state index contributed by atoms with van der Waals surface area (Å²) in [5, 5.41) is 7.32. The topological polar surface area (TPSA) is 69.0 Å². The maximum Gasteiger partial charge on any atom is 0.229 e. The Labute approximate surface area is 126 Å². The molecule has 0 saturated heterocycles. The Balaban J connectivity index is 1.93. The van der Waals surface area contributed by atoms with Crippen LogP contribution < -0.4 is 10.1 Å². The molecular weight excluding hydrogens is 292 g/mol. The van der Waals surface area contributed by atoms with Crippen molar-refractivity contribution in [3.8, 4) is 5.75 Å². The van der Waals surface area contributed by atoms with Crippen LogP contribution in [0.5, 0.6) is 5.75 Å². The number of hydrogen-bond donors (Lipinski definition) is 1. The van der Waals surface area contributed by atoms with Gasteiger partial charge in [-0.15, -0.1) is 0 Å². The number of fused-ring (bicyclic) bond motifs is 1. The summed E-state index contributed by atoms with van der Waals surface area (Å²) >= 11 is 6.22. The van der Waals surface area contributed by atoms with Gasteiger partial charge in [0.25, 0.3) is 0 Å². The van der Waals surface area contributed by atoms with Gasteiger partial charge in [0.05, 0.1) is 17.5 Å². The molecule has 1 N–H and O–H groups in total. The Hall–Kier alpha value is -2.34. The van der Waals surface area contributed by atoms with E-state index in [1.54, 1.807) is 22.9 Å². The highest BCUT2D eigenvalue weighted by molar-refractivity contribution is 6.32. The maximum absolute atomic E-state index is 11.7. The second-order valence-electron chi connectivity index (χ2n) is 4.59. The fourth-order valence-electron chi connectivity index (χ4n) is 2.25. The van der Waals surface area contributed by atoms with Crippen molar-refractivity contribution in [2.75, 3.05) is 11.9 Å². The first-order chi connectivity index (χ1) is 10.2. The zero-order valence-corrected chi connectivity index (χ0v) is 11.9. The molecule has 6 nitrogen and oxygen atoms in total. The normalized spacial score (nSPS) is 17.0. The molecule has 1 aliphatic rings. The van der Waals surface area contributed by atoms with E-state index < -0.39 is 0 Å². The Morgan fingerprint density at radius 3 is 3.19 bits per heavy atom. The molecular formula is C14H13ClN4O2. The predicted octanol–water partition coefficient (Wildman–Crippen LogP) is 2.43. The zero-order chi connectivity index (χ0) is 14.8. The van der Waals surface area contributed by atoms with Gasteiger partial charge >= 0.3 is 0 Å². The van der Waals surface area contributed by atoms with Gasteiger partial charge < -0.3 is 4.74 Å². The zero-order valence-electron chi connectivity index (χ0n) is 11.1. The molecule has 1 aromatic heterocycles. The number of nitrogens with zero attached hydrogens (tertiary/aromatic N) is 3. The number of ether oxygens (including phenoxy) is 1. The van der Waals surface area contributed by atoms with Gasteiger partial charge in [0.1, 0.15) is 18.7 Å². The first-order valence-electron chi connectivity index (χ1n) is 6.41. The van der Waals surface area contributed by atoms with Crippen molar-refractivity contribution in [1.29, 1.82) is 0 Å². The average molecular weight is 305 g/mol. The molecule has 2 aromatic rings. The van der Waals surface area contributed by atoms with Crippen LogP contribution in [-0.2, 0) is 4.79 Å². The summed E-state index contributed by atoms with van der Waals surface area (Å²) in [5.41, 5.74) is 0.882. The van der Waals surface area contributed by atoms with E-state index in [1.165, 1.54) is 6.33 Å². The van der Waals surface area contributed by atoms with Crippen LogP contribution in [0.3, 0.4) is 0 Å². The van der Waals surface area contributed by atoms with Crippen LogP contribution in [0.1, 0.15) is 18.0 Å². The standard InChI is InChI=1S/C14H13ClN4O2/c1-2-5-21-12-4-3-9(6-10(12)15)11-7-13(20)18-14-16-8-17-19(11)14/h2-4,6,8,11H,1,5,7H2,(H,16,17,18,20)/t11-/m1/s1. The summed E-state index contributed by atoms with van der Waals surface area (Å²) in [4.78, 5) is 15.8. The Kier molecular flexibility index (Phi) is 3.62. The molecule has 7 heteroatoms. The number of rotatable bonds is 4. The van der Waals surface area contributed by atoms with Crippen LogP contribution in [0.15, 0.2) is 37.2 Å². The molecule has 1 atom stereocenters. The molecule has 1 amide bonds. The molecule has 0 aliphatic carbocycles. The van der Waals surface area contributed by atoms with Gasteiger partial charge in [-0.3, -0.25) is 10.1 Å². The van der Waals surface area contributed by atoms with Gasteiger partial charge in [-0.1, -0.05) is 30.3 Å². The Morgan fingerprint density at radius 2 is 2.43 bits per heavy atom. The van der Waals surface area contributed by atoms with Crippen molar-refractivity contribution in [3.63, 3.8) is 0 Å². The summed E-state index contributed by atoms with van der Waals surface area (Å²) < 4.78 is 7.12. The second-order valence-corrected chi connectivity index (χ2v) is 4.99. The van der Waals surface area contributed by atoms with Gasteiger partial charge in [0, 0.05) is 0 Å². The molecule has 108 valence electrons. The smallest absolute Gasteiger partial charge is 0.229 e. The molecule has 1 aliphatic heterocycles. The Morgan fingerprint density at radius 1 is 1.57 bits per heavy atom.